The molecule has 1 aliphatic carbocycles. The molecule has 0 radical (unpaired) electrons. The van der Waals surface area contributed by atoms with Gasteiger partial charge in [-0.25, -0.2) is 8.42 Å². The topological polar surface area (TPSA) is 100 Å². The van der Waals surface area contributed by atoms with Crippen LogP contribution in [0.1, 0.15) is 32.1 Å². The Labute approximate surface area is 104 Å². The van der Waals surface area contributed by atoms with Crippen LogP contribution in [0.5, 0.6) is 0 Å². The monoisotopic (exact) mass is 231 g/mol. The predicted molar refractivity (Wildman–Crippen MR) is 42.5 cm³/mol. The second-order valence-electron chi connectivity index (χ2n) is 3.22. The van der Waals surface area contributed by atoms with Gasteiger partial charge in [0.05, 0.1) is 0 Å². The summed E-state index contributed by atoms with van der Waals surface area (Å²) in [7, 11) is -4.84. The number of hydrogen-bond donors (Lipinski definition) is 0. The molecule has 1 saturated carbocycles. The molecule has 1 rings (SSSR count). The fourth-order valence-electron chi connectivity index (χ4n) is 1.63. The van der Waals surface area contributed by atoms with Gasteiger partial charge < -0.3 is 4.55 Å². The second-order valence-corrected chi connectivity index (χ2v) is 4.89. The molecule has 1 aliphatic rings. The quantitative estimate of drug-likeness (QED) is 0.226. The molecule has 0 spiro atoms. The van der Waals surface area contributed by atoms with Crippen molar-refractivity contribution < 1.29 is 47.5 Å². The van der Waals surface area contributed by atoms with Gasteiger partial charge in [0.2, 0.25) is 0 Å². The SMILES string of the molecule is O=[N+]([O-])C1(S(=O)(=O)[O-])CCCCC1.[Na+]. The van der Waals surface area contributed by atoms with E-state index in [1.165, 1.54) is 0 Å². The van der Waals surface area contributed by atoms with Crippen LogP contribution in [0.3, 0.4) is 0 Å². The molecule has 0 aromatic rings. The first-order chi connectivity index (χ1) is 5.90. The van der Waals surface area contributed by atoms with Crippen molar-refractivity contribution in [3.05, 3.63) is 10.1 Å². The van der Waals surface area contributed by atoms with E-state index < -0.39 is 19.9 Å². The van der Waals surface area contributed by atoms with Gasteiger partial charge in [0, 0.05) is 17.8 Å². The maximum Gasteiger partial charge on any atom is 1.00 e. The molecule has 0 atom stereocenters. The van der Waals surface area contributed by atoms with Crippen molar-refractivity contribution in [2.24, 2.45) is 0 Å². The number of nitrogens with zero attached hydrogens (tertiary/aromatic N) is 1. The molecule has 0 aromatic carbocycles. The van der Waals surface area contributed by atoms with Gasteiger partial charge >= 0.3 is 34.4 Å². The zero-order chi connectivity index (χ0) is 10.1. The molecule has 0 saturated heterocycles. The average molecular weight is 231 g/mol. The molecule has 0 aromatic heterocycles. The summed E-state index contributed by atoms with van der Waals surface area (Å²) in [4.78, 5) is 7.37. The van der Waals surface area contributed by atoms with Crippen LogP contribution in [0.4, 0.5) is 0 Å². The van der Waals surface area contributed by atoms with Crippen molar-refractivity contribution in [3.63, 3.8) is 0 Å². The van der Waals surface area contributed by atoms with Crippen molar-refractivity contribution in [2.45, 2.75) is 37.0 Å². The van der Waals surface area contributed by atoms with E-state index in [-0.39, 0.29) is 42.4 Å². The number of nitro groups is 1. The summed E-state index contributed by atoms with van der Waals surface area (Å²) in [5.74, 6) is 0. The van der Waals surface area contributed by atoms with Crippen LogP contribution in [0.15, 0.2) is 0 Å². The Balaban J connectivity index is 0.00000169. The molecule has 0 aliphatic heterocycles. The molecule has 1 fully saturated rings. The Kier molecular flexibility index (Phi) is 5.00. The van der Waals surface area contributed by atoms with Crippen LogP contribution in [0, 0.1) is 10.1 Å². The van der Waals surface area contributed by atoms with E-state index in [9.17, 15) is 23.1 Å². The van der Waals surface area contributed by atoms with Gasteiger partial charge in [0.25, 0.3) is 0 Å². The van der Waals surface area contributed by atoms with Crippen molar-refractivity contribution in [2.75, 3.05) is 0 Å². The molecule has 6 nitrogen and oxygen atoms in total. The minimum atomic E-state index is -4.84. The second kappa shape index (κ2) is 4.89. The maximum atomic E-state index is 10.8. The molecule has 8 heteroatoms. The maximum absolute atomic E-state index is 10.8. The third kappa shape index (κ3) is 2.46. The van der Waals surface area contributed by atoms with Crippen LogP contribution < -0.4 is 29.6 Å². The fraction of sp³-hybridized carbons (Fsp3) is 1.00. The van der Waals surface area contributed by atoms with Crippen LogP contribution >= 0.6 is 0 Å². The van der Waals surface area contributed by atoms with Gasteiger partial charge in [0.1, 0.15) is 0 Å². The summed E-state index contributed by atoms with van der Waals surface area (Å²) >= 11 is 0. The molecule has 0 bridgehead atoms. The van der Waals surface area contributed by atoms with Gasteiger partial charge in [-0.05, 0) is 12.8 Å². The van der Waals surface area contributed by atoms with Crippen LogP contribution in [0.2, 0.25) is 0 Å². The zero-order valence-electron chi connectivity index (χ0n) is 7.93. The van der Waals surface area contributed by atoms with Crippen LogP contribution in [0.25, 0.3) is 0 Å². The van der Waals surface area contributed by atoms with Crippen molar-refractivity contribution >= 4 is 10.1 Å². The molecule has 14 heavy (non-hydrogen) atoms. The molecular weight excluding hydrogens is 221 g/mol. The summed E-state index contributed by atoms with van der Waals surface area (Å²) in [6.07, 6.45) is 1.33. The summed E-state index contributed by atoms with van der Waals surface area (Å²) in [5, 5.41) is 10.5. The minimum Gasteiger partial charge on any atom is -0.743 e. The van der Waals surface area contributed by atoms with E-state index in [1.54, 1.807) is 0 Å². The fourth-order valence-corrected chi connectivity index (χ4v) is 2.60. The zero-order valence-corrected chi connectivity index (χ0v) is 10.7. The van der Waals surface area contributed by atoms with Gasteiger partial charge in [-0.3, -0.25) is 10.1 Å². The summed E-state index contributed by atoms with van der Waals surface area (Å²) in [5.41, 5.74) is 0. The first kappa shape index (κ1) is 14.3. The van der Waals surface area contributed by atoms with Gasteiger partial charge in [0.15, 0.2) is 10.1 Å². The Morgan fingerprint density at radius 3 is 1.79 bits per heavy atom. The normalized spacial score (nSPS) is 20.9. The predicted octanol–water partition coefficient (Wildman–Crippen LogP) is -2.53. The number of rotatable bonds is 2. The Hall–Kier alpha value is 0.310. The van der Waals surface area contributed by atoms with Crippen LogP contribution in [-0.2, 0) is 10.1 Å². The van der Waals surface area contributed by atoms with E-state index in [4.69, 9.17) is 0 Å². The Morgan fingerprint density at radius 2 is 1.57 bits per heavy atom. The largest absolute Gasteiger partial charge is 1.00 e. The molecule has 0 heterocycles. The third-order valence-corrected chi connectivity index (χ3v) is 3.92. The summed E-state index contributed by atoms with van der Waals surface area (Å²) in [6, 6.07) is 0. The first-order valence-electron chi connectivity index (χ1n) is 4.00. The van der Waals surface area contributed by atoms with E-state index in [2.05, 4.69) is 0 Å². The van der Waals surface area contributed by atoms with Crippen LogP contribution in [-0.4, -0.2) is 22.8 Å². The summed E-state index contributed by atoms with van der Waals surface area (Å²) in [6.45, 7) is 0. The van der Waals surface area contributed by atoms with Gasteiger partial charge in [-0.15, -0.1) is 0 Å². The Bertz CT molecular complexity index is 308. The van der Waals surface area contributed by atoms with E-state index in [0.29, 0.717) is 12.8 Å². The standard InChI is InChI=1S/C6H11NO5S.Na/c8-7(9)6(13(10,11)12)4-2-1-3-5-6;/h1-5H2,(H,10,11,12);/q;+1/p-1. The average Bonchev–Trinajstić information content (AvgIpc) is 2.03. The molecular formula is C6H10NNaO5S. The van der Waals surface area contributed by atoms with Gasteiger partial charge in [-0.2, -0.15) is 0 Å². The molecule has 0 N–H and O–H groups in total. The van der Waals surface area contributed by atoms with E-state index >= 15 is 0 Å². The van der Waals surface area contributed by atoms with Crippen molar-refractivity contribution in [1.29, 1.82) is 0 Å². The van der Waals surface area contributed by atoms with Crippen molar-refractivity contribution in [1.82, 2.24) is 0 Å². The molecule has 76 valence electrons. The minimum absolute atomic E-state index is 0. The third-order valence-electron chi connectivity index (χ3n) is 2.43. The first-order valence-corrected chi connectivity index (χ1v) is 5.41. The smallest absolute Gasteiger partial charge is 0.743 e. The van der Waals surface area contributed by atoms with E-state index in [1.807, 2.05) is 0 Å². The van der Waals surface area contributed by atoms with Crippen molar-refractivity contribution in [3.8, 4) is 0 Å². The number of hydrogen-bond acceptors (Lipinski definition) is 5. The molecule has 0 amide bonds. The molecule has 0 unspecified atom stereocenters. The van der Waals surface area contributed by atoms with E-state index in [0.717, 1.165) is 6.42 Å². The summed E-state index contributed by atoms with van der Waals surface area (Å²) < 4.78 is 32.3. The Morgan fingerprint density at radius 1 is 1.14 bits per heavy atom. The van der Waals surface area contributed by atoms with Gasteiger partial charge in [-0.1, -0.05) is 6.42 Å².